The molecule has 0 fully saturated rings. The van der Waals surface area contributed by atoms with Crippen LogP contribution >= 0.6 is 0 Å². The van der Waals surface area contributed by atoms with Gasteiger partial charge < -0.3 is 14.2 Å². The van der Waals surface area contributed by atoms with Crippen molar-refractivity contribution in [1.82, 2.24) is 0 Å². The first-order chi connectivity index (χ1) is 37.0. The normalized spacial score (nSPS) is 12.6. The Morgan fingerprint density at radius 2 is 0.533 bits per heavy atom. The number of hydrogen-bond acceptors (Lipinski definition) is 6. The number of rotatable bonds is 58. The van der Waals surface area contributed by atoms with Gasteiger partial charge in [-0.2, -0.15) is 0 Å². The van der Waals surface area contributed by atoms with Crippen LogP contribution in [0.5, 0.6) is 0 Å². The SMILES string of the molecule is CC/C=C\C/C=C\C/C=C\C/C=C\C/C=C\CCCCCC(=O)OC(COC(=O)CCCCCCC/C=C\CCCC)COC(=O)CCCCCCCCCCCCCCCCC/C=C\CCCCCCCCCC. The van der Waals surface area contributed by atoms with Crippen LogP contribution in [0.3, 0.4) is 0 Å². The average Bonchev–Trinajstić information content (AvgIpc) is 3.41. The molecule has 0 bridgehead atoms. The van der Waals surface area contributed by atoms with Crippen LogP contribution in [0.2, 0.25) is 0 Å². The molecule has 6 heteroatoms. The smallest absolute Gasteiger partial charge is 0.306 e. The first-order valence-electron chi connectivity index (χ1n) is 32.1. The standard InChI is InChI=1S/C69H120O6/c1-4-7-10-13-16-19-22-24-26-28-30-31-32-33-34-35-36-37-39-40-42-44-47-50-53-56-59-62-68(71)74-65-66(64-73-67(70)61-58-55-52-49-46-21-18-15-12-9-6-3)75-69(72)63-60-57-54-51-48-45-43-41-38-29-27-25-23-20-17-14-11-8-5-2/h8,11,15,17-18,20,25,27-28,30,38,41,45,48,66H,4-7,9-10,12-14,16,19,21-24,26,29,31-37,39-40,42-44,46-47,49-65H2,1-3H3/b11-8-,18-15-,20-17-,27-25-,30-28-,41-38-,48-45-. The fourth-order valence-electron chi connectivity index (χ4n) is 9.03. The number of allylic oxidation sites excluding steroid dienone is 14. The molecule has 75 heavy (non-hydrogen) atoms. The van der Waals surface area contributed by atoms with E-state index in [1.165, 1.54) is 173 Å². The fraction of sp³-hybridized carbons (Fsp3) is 0.754. The molecule has 432 valence electrons. The molecule has 0 aliphatic heterocycles. The van der Waals surface area contributed by atoms with Crippen LogP contribution in [-0.2, 0) is 28.6 Å². The third kappa shape index (κ3) is 61.3. The van der Waals surface area contributed by atoms with Gasteiger partial charge in [0, 0.05) is 19.3 Å². The highest BCUT2D eigenvalue weighted by molar-refractivity contribution is 5.71. The summed E-state index contributed by atoms with van der Waals surface area (Å²) in [5.41, 5.74) is 0. The van der Waals surface area contributed by atoms with Crippen LogP contribution in [0.1, 0.15) is 316 Å². The van der Waals surface area contributed by atoms with Gasteiger partial charge in [-0.1, -0.05) is 273 Å². The third-order valence-electron chi connectivity index (χ3n) is 13.9. The number of carbonyl (C=O) groups excluding carboxylic acids is 3. The van der Waals surface area contributed by atoms with E-state index in [1.807, 2.05) is 0 Å². The van der Waals surface area contributed by atoms with Gasteiger partial charge in [0.25, 0.3) is 0 Å². The van der Waals surface area contributed by atoms with Crippen LogP contribution in [0.25, 0.3) is 0 Å². The summed E-state index contributed by atoms with van der Waals surface area (Å²) in [7, 11) is 0. The zero-order valence-electron chi connectivity index (χ0n) is 49.6. The largest absolute Gasteiger partial charge is 0.462 e. The van der Waals surface area contributed by atoms with Gasteiger partial charge in [0.2, 0.25) is 0 Å². The van der Waals surface area contributed by atoms with E-state index in [-0.39, 0.29) is 37.5 Å². The van der Waals surface area contributed by atoms with Gasteiger partial charge in [0.05, 0.1) is 0 Å². The summed E-state index contributed by atoms with van der Waals surface area (Å²) in [5, 5.41) is 0. The lowest BCUT2D eigenvalue weighted by atomic mass is 10.0. The quantitative estimate of drug-likeness (QED) is 0.0261. The molecule has 1 unspecified atom stereocenters. The minimum Gasteiger partial charge on any atom is -0.462 e. The van der Waals surface area contributed by atoms with E-state index in [9.17, 15) is 14.4 Å². The highest BCUT2D eigenvalue weighted by atomic mass is 16.6. The Balaban J connectivity index is 4.26. The number of esters is 3. The average molecular weight is 1050 g/mol. The third-order valence-corrected chi connectivity index (χ3v) is 13.9. The molecule has 0 amide bonds. The second-order valence-electron chi connectivity index (χ2n) is 21.3. The summed E-state index contributed by atoms with van der Waals surface area (Å²) in [5.74, 6) is -0.924. The Morgan fingerprint density at radius 1 is 0.280 bits per heavy atom. The number of ether oxygens (including phenoxy) is 3. The summed E-state index contributed by atoms with van der Waals surface area (Å²) in [4.78, 5) is 38.2. The minimum atomic E-state index is -0.797. The van der Waals surface area contributed by atoms with Crippen LogP contribution < -0.4 is 0 Å². The van der Waals surface area contributed by atoms with Crippen molar-refractivity contribution in [3.8, 4) is 0 Å². The van der Waals surface area contributed by atoms with Gasteiger partial charge in [-0.25, -0.2) is 0 Å². The molecule has 0 aromatic rings. The molecular formula is C69H120O6. The van der Waals surface area contributed by atoms with E-state index in [1.54, 1.807) is 0 Å². The van der Waals surface area contributed by atoms with E-state index < -0.39 is 6.10 Å². The maximum atomic E-state index is 12.9. The first-order valence-corrected chi connectivity index (χ1v) is 32.1. The number of carbonyl (C=O) groups is 3. The predicted molar refractivity (Wildman–Crippen MR) is 325 cm³/mol. The second-order valence-corrected chi connectivity index (χ2v) is 21.3. The van der Waals surface area contributed by atoms with Crippen molar-refractivity contribution in [2.75, 3.05) is 13.2 Å². The zero-order chi connectivity index (χ0) is 54.3. The molecule has 6 nitrogen and oxygen atoms in total. The zero-order valence-corrected chi connectivity index (χ0v) is 49.6. The minimum absolute atomic E-state index is 0.0911. The Kier molecular flexibility index (Phi) is 60.3. The lowest BCUT2D eigenvalue weighted by molar-refractivity contribution is -0.167. The maximum Gasteiger partial charge on any atom is 0.306 e. The Bertz CT molecular complexity index is 1430. The molecule has 0 aromatic carbocycles. The van der Waals surface area contributed by atoms with E-state index in [0.717, 1.165) is 103 Å². The number of hydrogen-bond donors (Lipinski definition) is 0. The van der Waals surface area contributed by atoms with Crippen molar-refractivity contribution in [3.05, 3.63) is 85.1 Å². The van der Waals surface area contributed by atoms with Gasteiger partial charge in [-0.05, 0) is 109 Å². The lowest BCUT2D eigenvalue weighted by Crippen LogP contribution is -2.30. The Hall–Kier alpha value is -3.41. The van der Waals surface area contributed by atoms with Crippen molar-refractivity contribution < 1.29 is 28.6 Å². The fourth-order valence-corrected chi connectivity index (χ4v) is 9.03. The molecule has 0 aromatic heterocycles. The number of unbranched alkanes of at least 4 members (excludes halogenated alkanes) is 33. The monoisotopic (exact) mass is 1040 g/mol. The van der Waals surface area contributed by atoms with Crippen molar-refractivity contribution in [3.63, 3.8) is 0 Å². The summed E-state index contributed by atoms with van der Waals surface area (Å²) >= 11 is 0. The molecule has 0 spiro atoms. The topological polar surface area (TPSA) is 78.9 Å². The van der Waals surface area contributed by atoms with E-state index in [2.05, 4.69) is 106 Å². The van der Waals surface area contributed by atoms with Crippen LogP contribution in [0, 0.1) is 0 Å². The Labute approximate surface area is 465 Å². The second kappa shape index (κ2) is 63.1. The Morgan fingerprint density at radius 3 is 0.880 bits per heavy atom. The summed E-state index contributed by atoms with van der Waals surface area (Å²) in [6.07, 6.45) is 83.2. The van der Waals surface area contributed by atoms with Gasteiger partial charge in [-0.15, -0.1) is 0 Å². The van der Waals surface area contributed by atoms with Crippen LogP contribution in [0.15, 0.2) is 85.1 Å². The van der Waals surface area contributed by atoms with Crippen LogP contribution in [0.4, 0.5) is 0 Å². The molecule has 0 aliphatic carbocycles. The molecule has 0 radical (unpaired) electrons. The highest BCUT2D eigenvalue weighted by Crippen LogP contribution is 2.16. The van der Waals surface area contributed by atoms with Gasteiger partial charge in [0.1, 0.15) is 13.2 Å². The van der Waals surface area contributed by atoms with Crippen molar-refractivity contribution in [2.45, 2.75) is 322 Å². The molecule has 0 saturated heterocycles. The molecule has 0 saturated carbocycles. The first kappa shape index (κ1) is 71.6. The predicted octanol–water partition coefficient (Wildman–Crippen LogP) is 21.9. The summed E-state index contributed by atoms with van der Waals surface area (Å²) < 4.78 is 16.9. The molecule has 0 rings (SSSR count). The van der Waals surface area contributed by atoms with Crippen molar-refractivity contribution in [2.24, 2.45) is 0 Å². The van der Waals surface area contributed by atoms with Gasteiger partial charge in [0.15, 0.2) is 6.10 Å². The summed E-state index contributed by atoms with van der Waals surface area (Å²) in [6, 6.07) is 0. The summed E-state index contributed by atoms with van der Waals surface area (Å²) in [6.45, 7) is 6.48. The van der Waals surface area contributed by atoms with E-state index >= 15 is 0 Å². The van der Waals surface area contributed by atoms with E-state index in [4.69, 9.17) is 14.2 Å². The maximum absolute atomic E-state index is 12.9. The molecule has 0 heterocycles. The molecule has 0 aliphatic rings. The van der Waals surface area contributed by atoms with E-state index in [0.29, 0.717) is 12.8 Å². The molecule has 0 N–H and O–H groups in total. The highest BCUT2D eigenvalue weighted by Gasteiger charge is 2.19. The van der Waals surface area contributed by atoms with Crippen LogP contribution in [-0.4, -0.2) is 37.2 Å². The van der Waals surface area contributed by atoms with Crippen molar-refractivity contribution in [1.29, 1.82) is 0 Å². The van der Waals surface area contributed by atoms with Gasteiger partial charge >= 0.3 is 17.9 Å². The van der Waals surface area contributed by atoms with Gasteiger partial charge in [-0.3, -0.25) is 14.4 Å². The lowest BCUT2D eigenvalue weighted by Gasteiger charge is -2.18. The molecular weight excluding hydrogens is 925 g/mol. The molecule has 1 atom stereocenters. The van der Waals surface area contributed by atoms with Crippen molar-refractivity contribution >= 4 is 17.9 Å².